The van der Waals surface area contributed by atoms with Gasteiger partial charge in [0, 0.05) is 18.0 Å². The van der Waals surface area contributed by atoms with Crippen molar-refractivity contribution in [1.29, 1.82) is 0 Å². The lowest BCUT2D eigenvalue weighted by molar-refractivity contribution is 0.103. The van der Waals surface area contributed by atoms with E-state index in [9.17, 15) is 4.79 Å². The Balaban J connectivity index is 1.48. The van der Waals surface area contributed by atoms with E-state index >= 15 is 0 Å². The second kappa shape index (κ2) is 7.32. The topological polar surface area (TPSA) is 63.3 Å². The van der Waals surface area contributed by atoms with E-state index in [1.54, 1.807) is 22.3 Å². The summed E-state index contributed by atoms with van der Waals surface area (Å²) in [7, 11) is 1.88. The second-order valence-corrected chi connectivity index (χ2v) is 8.15. The minimum absolute atomic E-state index is 0.0685. The molecule has 0 saturated carbocycles. The maximum Gasteiger partial charge on any atom is 0.265 e. The van der Waals surface area contributed by atoms with E-state index in [0.29, 0.717) is 6.04 Å². The molecule has 7 heteroatoms. The van der Waals surface area contributed by atoms with Crippen molar-refractivity contribution in [2.24, 2.45) is 7.05 Å². The summed E-state index contributed by atoms with van der Waals surface area (Å²) < 4.78 is 7.29. The van der Waals surface area contributed by atoms with E-state index in [2.05, 4.69) is 21.4 Å². The van der Waals surface area contributed by atoms with E-state index in [1.165, 1.54) is 11.3 Å². The van der Waals surface area contributed by atoms with Crippen molar-refractivity contribution >= 4 is 22.9 Å². The molecule has 0 aliphatic carbocycles. The molecular weight excluding hydrogens is 360 g/mol. The van der Waals surface area contributed by atoms with Crippen molar-refractivity contribution in [2.45, 2.75) is 39.3 Å². The molecule has 1 atom stereocenters. The summed E-state index contributed by atoms with van der Waals surface area (Å²) >= 11 is 1.58. The van der Waals surface area contributed by atoms with Crippen LogP contribution >= 0.6 is 11.3 Å². The van der Waals surface area contributed by atoms with Crippen molar-refractivity contribution in [3.05, 3.63) is 57.4 Å². The molecular formula is C20H24N4O2S. The van der Waals surface area contributed by atoms with Crippen LogP contribution in [0.3, 0.4) is 0 Å². The number of rotatable bonds is 5. The number of nitrogens with zero attached hydrogens (tertiary/aromatic N) is 3. The molecule has 3 aromatic rings. The standard InChI is InChI=1S/C20H24N4O2S/c1-13-19(14(2)23(3)22-13)21-20(25)18-9-8-17(27-18)16-7-4-10-24(16)12-15-6-5-11-26-15/h5-6,8-9,11,16H,4,7,10,12H2,1-3H3,(H,21,25)/t16-/m0/s1. The number of amides is 1. The van der Waals surface area contributed by atoms with E-state index in [-0.39, 0.29) is 5.91 Å². The molecule has 27 heavy (non-hydrogen) atoms. The van der Waals surface area contributed by atoms with Gasteiger partial charge in [-0.2, -0.15) is 5.10 Å². The maximum atomic E-state index is 12.7. The normalized spacial score (nSPS) is 17.5. The van der Waals surface area contributed by atoms with Crippen molar-refractivity contribution < 1.29 is 9.21 Å². The Labute approximate surface area is 162 Å². The van der Waals surface area contributed by atoms with Gasteiger partial charge in [0.1, 0.15) is 5.76 Å². The van der Waals surface area contributed by atoms with Gasteiger partial charge in [-0.3, -0.25) is 14.4 Å². The van der Waals surface area contributed by atoms with Gasteiger partial charge < -0.3 is 9.73 Å². The minimum atomic E-state index is -0.0685. The summed E-state index contributed by atoms with van der Waals surface area (Å²) in [5.74, 6) is 0.917. The van der Waals surface area contributed by atoms with Crippen molar-refractivity contribution in [3.8, 4) is 0 Å². The molecule has 1 N–H and O–H groups in total. The zero-order chi connectivity index (χ0) is 19.0. The molecule has 0 unspecified atom stereocenters. The van der Waals surface area contributed by atoms with Gasteiger partial charge in [-0.15, -0.1) is 11.3 Å². The number of aryl methyl sites for hydroxylation is 2. The van der Waals surface area contributed by atoms with Crippen LogP contribution in [0.5, 0.6) is 0 Å². The first-order chi connectivity index (χ1) is 13.0. The van der Waals surface area contributed by atoms with Gasteiger partial charge in [0.15, 0.2) is 0 Å². The first-order valence-electron chi connectivity index (χ1n) is 9.20. The van der Waals surface area contributed by atoms with Crippen LogP contribution in [0.2, 0.25) is 0 Å². The van der Waals surface area contributed by atoms with Crippen LogP contribution in [0.25, 0.3) is 0 Å². The highest BCUT2D eigenvalue weighted by Gasteiger charge is 2.28. The molecule has 1 fully saturated rings. The van der Waals surface area contributed by atoms with Gasteiger partial charge in [0.05, 0.1) is 34.8 Å². The minimum Gasteiger partial charge on any atom is -0.468 e. The predicted octanol–water partition coefficient (Wildman–Crippen LogP) is 4.28. The highest BCUT2D eigenvalue weighted by Crippen LogP contribution is 2.37. The quantitative estimate of drug-likeness (QED) is 0.713. The Bertz CT molecular complexity index is 942. The lowest BCUT2D eigenvalue weighted by Gasteiger charge is -2.22. The van der Waals surface area contributed by atoms with Crippen LogP contribution in [-0.4, -0.2) is 27.1 Å². The number of anilines is 1. The maximum absolute atomic E-state index is 12.7. The molecule has 0 bridgehead atoms. The van der Waals surface area contributed by atoms with Crippen LogP contribution < -0.4 is 5.32 Å². The van der Waals surface area contributed by atoms with Gasteiger partial charge in [-0.05, 0) is 57.5 Å². The van der Waals surface area contributed by atoms with Crippen molar-refractivity contribution in [3.63, 3.8) is 0 Å². The number of carbonyl (C=O) groups excluding carboxylic acids is 1. The van der Waals surface area contributed by atoms with Crippen LogP contribution in [0.15, 0.2) is 34.9 Å². The number of nitrogens with one attached hydrogen (secondary N) is 1. The van der Waals surface area contributed by atoms with Crippen molar-refractivity contribution in [2.75, 3.05) is 11.9 Å². The number of carbonyl (C=O) groups is 1. The lowest BCUT2D eigenvalue weighted by atomic mass is 10.2. The fourth-order valence-corrected chi connectivity index (χ4v) is 4.80. The SMILES string of the molecule is Cc1nn(C)c(C)c1NC(=O)c1ccc([C@@H]2CCCN2Cc2ccco2)s1. The molecule has 3 aromatic heterocycles. The van der Waals surface area contributed by atoms with E-state index in [4.69, 9.17) is 4.42 Å². The van der Waals surface area contributed by atoms with Crippen molar-refractivity contribution in [1.82, 2.24) is 14.7 Å². The summed E-state index contributed by atoms with van der Waals surface area (Å²) in [6.07, 6.45) is 4.00. The molecule has 1 amide bonds. The third-order valence-electron chi connectivity index (χ3n) is 5.23. The van der Waals surface area contributed by atoms with E-state index < -0.39 is 0 Å². The number of hydrogen-bond donors (Lipinski definition) is 1. The molecule has 4 rings (SSSR count). The summed E-state index contributed by atoms with van der Waals surface area (Å²) in [4.78, 5) is 17.1. The predicted molar refractivity (Wildman–Crippen MR) is 106 cm³/mol. The molecule has 142 valence electrons. The van der Waals surface area contributed by atoms with Gasteiger partial charge in [0.2, 0.25) is 0 Å². The zero-order valence-corrected chi connectivity index (χ0v) is 16.7. The highest BCUT2D eigenvalue weighted by molar-refractivity contribution is 7.14. The largest absolute Gasteiger partial charge is 0.468 e. The van der Waals surface area contributed by atoms with E-state index in [0.717, 1.165) is 47.2 Å². The first kappa shape index (κ1) is 18.0. The molecule has 0 radical (unpaired) electrons. The summed E-state index contributed by atoms with van der Waals surface area (Å²) in [6.45, 7) is 5.73. The van der Waals surface area contributed by atoms with Crippen LogP contribution in [-0.2, 0) is 13.6 Å². The van der Waals surface area contributed by atoms with Gasteiger partial charge in [-0.25, -0.2) is 0 Å². The summed E-state index contributed by atoms with van der Waals surface area (Å²) in [6, 6.07) is 8.31. The average molecular weight is 385 g/mol. The fourth-order valence-electron chi connectivity index (χ4n) is 3.72. The van der Waals surface area contributed by atoms with Crippen LogP contribution in [0.4, 0.5) is 5.69 Å². The Kier molecular flexibility index (Phi) is 4.88. The van der Waals surface area contributed by atoms with Crippen LogP contribution in [0, 0.1) is 13.8 Å². The smallest absolute Gasteiger partial charge is 0.265 e. The average Bonchev–Trinajstić information content (AvgIpc) is 3.41. The Hall–Kier alpha value is -2.38. The van der Waals surface area contributed by atoms with Gasteiger partial charge in [-0.1, -0.05) is 0 Å². The molecule has 1 saturated heterocycles. The molecule has 4 heterocycles. The number of hydrogen-bond acceptors (Lipinski definition) is 5. The number of thiophene rings is 1. The molecule has 1 aliphatic rings. The number of furan rings is 1. The zero-order valence-electron chi connectivity index (χ0n) is 15.9. The summed E-state index contributed by atoms with van der Waals surface area (Å²) in [5.41, 5.74) is 2.59. The molecule has 6 nitrogen and oxygen atoms in total. The lowest BCUT2D eigenvalue weighted by Crippen LogP contribution is -2.21. The molecule has 1 aliphatic heterocycles. The monoisotopic (exact) mass is 384 g/mol. The van der Waals surface area contributed by atoms with Gasteiger partial charge in [0.25, 0.3) is 5.91 Å². The highest BCUT2D eigenvalue weighted by atomic mass is 32.1. The van der Waals surface area contributed by atoms with E-state index in [1.807, 2.05) is 39.1 Å². The third-order valence-corrected chi connectivity index (χ3v) is 6.41. The molecule has 0 spiro atoms. The summed E-state index contributed by atoms with van der Waals surface area (Å²) in [5, 5.41) is 7.39. The van der Waals surface area contributed by atoms with Crippen LogP contribution in [0.1, 0.15) is 50.6 Å². The third kappa shape index (κ3) is 3.57. The van der Waals surface area contributed by atoms with Gasteiger partial charge >= 0.3 is 0 Å². The molecule has 0 aromatic carbocycles. The fraction of sp³-hybridized carbons (Fsp3) is 0.400. The Morgan fingerprint density at radius 3 is 2.93 bits per heavy atom. The second-order valence-electron chi connectivity index (χ2n) is 7.03. The Morgan fingerprint density at radius 1 is 1.37 bits per heavy atom. The number of aromatic nitrogens is 2. The Morgan fingerprint density at radius 2 is 2.22 bits per heavy atom. The first-order valence-corrected chi connectivity index (χ1v) is 10.0. The number of likely N-dealkylation sites (tertiary alicyclic amines) is 1.